The topological polar surface area (TPSA) is 46.5 Å². The third-order valence-electron chi connectivity index (χ3n) is 2.73. The summed E-state index contributed by atoms with van der Waals surface area (Å²) in [5.41, 5.74) is 0.732. The van der Waals surface area contributed by atoms with Gasteiger partial charge in [-0.15, -0.1) is 0 Å². The lowest BCUT2D eigenvalue weighted by atomic mass is 10.1. The Morgan fingerprint density at radius 3 is 2.35 bits per heavy atom. The summed E-state index contributed by atoms with van der Waals surface area (Å²) >= 11 is 11.8. The first-order valence-electron chi connectivity index (χ1n) is 5.94. The summed E-state index contributed by atoms with van der Waals surface area (Å²) in [6.45, 7) is 0. The van der Waals surface area contributed by atoms with Crippen molar-refractivity contribution in [2.24, 2.45) is 0 Å². The largest absolute Gasteiger partial charge is 0.478 e. The summed E-state index contributed by atoms with van der Waals surface area (Å²) in [6, 6.07) is 13.7. The molecule has 0 spiro atoms. The molecular weight excluding hydrogens is 299 g/mol. The summed E-state index contributed by atoms with van der Waals surface area (Å²) < 4.78 is 5.47. The number of ether oxygens (including phenoxy) is 1. The van der Waals surface area contributed by atoms with Crippen molar-refractivity contribution in [3.8, 4) is 5.75 Å². The van der Waals surface area contributed by atoms with Crippen molar-refractivity contribution >= 4 is 29.2 Å². The van der Waals surface area contributed by atoms with Gasteiger partial charge in [0.15, 0.2) is 6.10 Å². The Morgan fingerprint density at radius 1 is 1.10 bits per heavy atom. The number of aliphatic carboxylic acids is 1. The lowest BCUT2D eigenvalue weighted by molar-refractivity contribution is -0.145. The number of carboxylic acid groups (broad SMARTS) is 1. The summed E-state index contributed by atoms with van der Waals surface area (Å²) in [4.78, 5) is 11.3. The van der Waals surface area contributed by atoms with Crippen LogP contribution in [0.1, 0.15) is 5.56 Å². The molecular formula is C15H12Cl2O3. The van der Waals surface area contributed by atoms with E-state index in [4.69, 9.17) is 27.9 Å². The highest BCUT2D eigenvalue weighted by Gasteiger charge is 2.21. The second-order valence-corrected chi connectivity index (χ2v) is 5.04. The minimum absolute atomic E-state index is 0.192. The van der Waals surface area contributed by atoms with Crippen molar-refractivity contribution in [3.63, 3.8) is 0 Å². The van der Waals surface area contributed by atoms with Crippen LogP contribution >= 0.6 is 23.2 Å². The maximum Gasteiger partial charge on any atom is 0.345 e. The number of hydrogen-bond donors (Lipinski definition) is 1. The molecule has 5 heteroatoms. The first kappa shape index (κ1) is 14.7. The van der Waals surface area contributed by atoms with Crippen LogP contribution < -0.4 is 4.74 Å². The van der Waals surface area contributed by atoms with Gasteiger partial charge < -0.3 is 9.84 Å². The standard InChI is InChI=1S/C15H12Cl2O3/c16-11-5-7-12(8-6-11)20-14(15(18)19)9-10-3-1-2-4-13(10)17/h1-8,14H,9H2,(H,18,19)/t14-/m1/s1. The first-order chi connectivity index (χ1) is 9.56. The van der Waals surface area contributed by atoms with Crippen molar-refractivity contribution < 1.29 is 14.6 Å². The van der Waals surface area contributed by atoms with E-state index in [-0.39, 0.29) is 6.42 Å². The van der Waals surface area contributed by atoms with Gasteiger partial charge in [-0.05, 0) is 35.9 Å². The van der Waals surface area contributed by atoms with Crippen molar-refractivity contribution in [1.29, 1.82) is 0 Å². The fourth-order valence-corrected chi connectivity index (χ4v) is 2.06. The molecule has 0 saturated heterocycles. The molecule has 0 heterocycles. The zero-order chi connectivity index (χ0) is 14.5. The van der Waals surface area contributed by atoms with E-state index in [2.05, 4.69) is 0 Å². The van der Waals surface area contributed by atoms with Gasteiger partial charge >= 0.3 is 5.97 Å². The molecule has 0 aliphatic heterocycles. The van der Waals surface area contributed by atoms with Crippen LogP contribution in [-0.2, 0) is 11.2 Å². The third kappa shape index (κ3) is 3.89. The second-order valence-electron chi connectivity index (χ2n) is 4.19. The van der Waals surface area contributed by atoms with Crippen LogP contribution in [-0.4, -0.2) is 17.2 Å². The van der Waals surface area contributed by atoms with Crippen LogP contribution in [0.3, 0.4) is 0 Å². The highest BCUT2D eigenvalue weighted by molar-refractivity contribution is 6.31. The van der Waals surface area contributed by atoms with E-state index >= 15 is 0 Å². The molecule has 2 aromatic rings. The van der Waals surface area contributed by atoms with E-state index < -0.39 is 12.1 Å². The van der Waals surface area contributed by atoms with E-state index in [0.29, 0.717) is 15.8 Å². The Labute approximate surface area is 126 Å². The van der Waals surface area contributed by atoms with Gasteiger partial charge in [-0.2, -0.15) is 0 Å². The molecule has 0 aliphatic carbocycles. The molecule has 0 unspecified atom stereocenters. The van der Waals surface area contributed by atoms with E-state index in [1.807, 2.05) is 6.07 Å². The van der Waals surface area contributed by atoms with E-state index in [0.717, 1.165) is 5.56 Å². The van der Waals surface area contributed by atoms with Gasteiger partial charge in [0.1, 0.15) is 5.75 Å². The molecule has 20 heavy (non-hydrogen) atoms. The average Bonchev–Trinajstić information content (AvgIpc) is 2.42. The highest BCUT2D eigenvalue weighted by atomic mass is 35.5. The van der Waals surface area contributed by atoms with Crippen LogP contribution in [0.2, 0.25) is 10.0 Å². The Bertz CT molecular complexity index is 596. The van der Waals surface area contributed by atoms with Crippen molar-refractivity contribution in [1.82, 2.24) is 0 Å². The third-order valence-corrected chi connectivity index (χ3v) is 3.35. The normalized spacial score (nSPS) is 11.9. The van der Waals surface area contributed by atoms with Crippen LogP contribution in [0.15, 0.2) is 48.5 Å². The molecule has 2 rings (SSSR count). The van der Waals surface area contributed by atoms with Gasteiger partial charge in [0.2, 0.25) is 0 Å². The number of halogens is 2. The fourth-order valence-electron chi connectivity index (χ4n) is 1.72. The molecule has 0 amide bonds. The van der Waals surface area contributed by atoms with Crippen molar-refractivity contribution in [2.45, 2.75) is 12.5 Å². The zero-order valence-corrected chi connectivity index (χ0v) is 11.9. The highest BCUT2D eigenvalue weighted by Crippen LogP contribution is 2.21. The lowest BCUT2D eigenvalue weighted by Crippen LogP contribution is -2.29. The summed E-state index contributed by atoms with van der Waals surface area (Å²) in [7, 11) is 0. The molecule has 0 radical (unpaired) electrons. The second kappa shape index (κ2) is 6.64. The maximum atomic E-state index is 11.3. The Balaban J connectivity index is 2.14. The number of carboxylic acids is 1. The van der Waals surface area contributed by atoms with Gasteiger partial charge in [0.25, 0.3) is 0 Å². The average molecular weight is 311 g/mol. The van der Waals surface area contributed by atoms with E-state index in [1.54, 1.807) is 42.5 Å². The predicted molar refractivity (Wildman–Crippen MR) is 78.7 cm³/mol. The molecule has 1 atom stereocenters. The van der Waals surface area contributed by atoms with Gasteiger partial charge in [0, 0.05) is 16.5 Å². The molecule has 2 aromatic carbocycles. The minimum atomic E-state index is -1.04. The first-order valence-corrected chi connectivity index (χ1v) is 6.70. The van der Waals surface area contributed by atoms with Crippen LogP contribution in [0.25, 0.3) is 0 Å². The molecule has 0 fully saturated rings. The van der Waals surface area contributed by atoms with Crippen LogP contribution in [0.4, 0.5) is 0 Å². The fraction of sp³-hybridized carbons (Fsp3) is 0.133. The molecule has 0 aromatic heterocycles. The zero-order valence-electron chi connectivity index (χ0n) is 10.4. The quantitative estimate of drug-likeness (QED) is 0.905. The molecule has 0 bridgehead atoms. The van der Waals surface area contributed by atoms with Crippen molar-refractivity contribution in [3.05, 3.63) is 64.1 Å². The van der Waals surface area contributed by atoms with Gasteiger partial charge in [-0.1, -0.05) is 41.4 Å². The smallest absolute Gasteiger partial charge is 0.345 e. The Hall–Kier alpha value is -1.71. The number of hydrogen-bond acceptors (Lipinski definition) is 2. The van der Waals surface area contributed by atoms with Gasteiger partial charge in [0.05, 0.1) is 0 Å². The number of benzene rings is 2. The molecule has 0 saturated carbocycles. The van der Waals surface area contributed by atoms with Crippen LogP contribution in [0.5, 0.6) is 5.75 Å². The van der Waals surface area contributed by atoms with Crippen molar-refractivity contribution in [2.75, 3.05) is 0 Å². The summed E-state index contributed by atoms with van der Waals surface area (Å²) in [5, 5.41) is 10.3. The van der Waals surface area contributed by atoms with Gasteiger partial charge in [-0.25, -0.2) is 4.79 Å². The predicted octanol–water partition coefficient (Wildman–Crippen LogP) is 4.07. The van der Waals surface area contributed by atoms with E-state index in [1.165, 1.54) is 0 Å². The van der Waals surface area contributed by atoms with Gasteiger partial charge in [-0.3, -0.25) is 0 Å². The number of rotatable bonds is 5. The molecule has 3 nitrogen and oxygen atoms in total. The molecule has 1 N–H and O–H groups in total. The van der Waals surface area contributed by atoms with E-state index in [9.17, 15) is 9.90 Å². The SMILES string of the molecule is O=C(O)[C@@H](Cc1ccccc1Cl)Oc1ccc(Cl)cc1. The number of carbonyl (C=O) groups is 1. The Morgan fingerprint density at radius 2 is 1.75 bits per heavy atom. The lowest BCUT2D eigenvalue weighted by Gasteiger charge is -2.16. The maximum absolute atomic E-state index is 11.3. The summed E-state index contributed by atoms with van der Waals surface area (Å²) in [6.07, 6.45) is -0.812. The van der Waals surface area contributed by atoms with Crippen LogP contribution in [0, 0.1) is 0 Å². The Kier molecular flexibility index (Phi) is 4.88. The molecule has 104 valence electrons. The molecule has 0 aliphatic rings. The minimum Gasteiger partial charge on any atom is -0.478 e. The summed E-state index contributed by atoms with van der Waals surface area (Å²) in [5.74, 6) is -0.589. The monoisotopic (exact) mass is 310 g/mol.